The van der Waals surface area contributed by atoms with Crippen molar-refractivity contribution >= 4 is 19.7 Å². The Morgan fingerprint density at radius 3 is 1.92 bits per heavy atom. The van der Waals surface area contributed by atoms with E-state index in [-0.39, 0.29) is 0 Å². The molecule has 4 nitrogen and oxygen atoms in total. The van der Waals surface area contributed by atoms with Crippen LogP contribution in [0.1, 0.15) is 30.5 Å². The standard InChI is InChI=1S/C19H25NO3P/c1-4-22-24(21,23-5-2)16-19-10-8-17(9-11-19)6-7-18-12-14-20(3)15-13-18/h6-15H,4-5,16H2,1-3H3/q+1/b7-6+. The Morgan fingerprint density at radius 1 is 0.917 bits per heavy atom. The predicted octanol–water partition coefficient (Wildman–Crippen LogP) is 4.45. The lowest BCUT2D eigenvalue weighted by Crippen LogP contribution is -2.25. The average molecular weight is 346 g/mol. The molecule has 0 unspecified atom stereocenters. The van der Waals surface area contributed by atoms with Crippen molar-refractivity contribution in [2.45, 2.75) is 20.0 Å². The Kier molecular flexibility index (Phi) is 6.92. The van der Waals surface area contributed by atoms with Crippen molar-refractivity contribution < 1.29 is 18.2 Å². The summed E-state index contributed by atoms with van der Waals surface area (Å²) in [6, 6.07) is 12.1. The van der Waals surface area contributed by atoms with Gasteiger partial charge in [-0.05, 0) is 30.5 Å². The molecule has 0 aliphatic heterocycles. The summed E-state index contributed by atoms with van der Waals surface area (Å²) in [5.41, 5.74) is 3.19. The van der Waals surface area contributed by atoms with E-state index in [0.29, 0.717) is 19.4 Å². The Hall–Kier alpha value is -1.74. The van der Waals surface area contributed by atoms with Crippen LogP contribution < -0.4 is 4.57 Å². The molecule has 2 aromatic rings. The summed E-state index contributed by atoms with van der Waals surface area (Å²) in [6.07, 6.45) is 8.46. The molecule has 0 spiro atoms. The highest BCUT2D eigenvalue weighted by molar-refractivity contribution is 7.53. The quantitative estimate of drug-likeness (QED) is 0.524. The molecule has 0 radical (unpaired) electrons. The van der Waals surface area contributed by atoms with E-state index in [1.807, 2.05) is 62.1 Å². The first-order chi connectivity index (χ1) is 11.5. The van der Waals surface area contributed by atoms with Gasteiger partial charge in [0.05, 0.1) is 19.4 Å². The predicted molar refractivity (Wildman–Crippen MR) is 97.6 cm³/mol. The largest absolute Gasteiger partial charge is 0.335 e. The van der Waals surface area contributed by atoms with Crippen LogP contribution in [0, 0.1) is 0 Å². The van der Waals surface area contributed by atoms with Crippen LogP contribution in [-0.4, -0.2) is 13.2 Å². The van der Waals surface area contributed by atoms with Crippen LogP contribution in [0.3, 0.4) is 0 Å². The van der Waals surface area contributed by atoms with Gasteiger partial charge in [0.15, 0.2) is 12.4 Å². The molecule has 24 heavy (non-hydrogen) atoms. The summed E-state index contributed by atoms with van der Waals surface area (Å²) in [5.74, 6) is 0. The fourth-order valence-corrected chi connectivity index (χ4v) is 4.00. The SMILES string of the molecule is CCOP(=O)(Cc1ccc(/C=C/c2cc[n+](C)cc2)cc1)OCC. The monoisotopic (exact) mass is 346 g/mol. The van der Waals surface area contributed by atoms with E-state index in [2.05, 4.69) is 24.3 Å². The second kappa shape index (κ2) is 8.93. The fourth-order valence-electron chi connectivity index (χ4n) is 2.30. The molecule has 0 N–H and O–H groups in total. The maximum atomic E-state index is 12.5. The lowest BCUT2D eigenvalue weighted by atomic mass is 10.1. The van der Waals surface area contributed by atoms with Gasteiger partial charge in [-0.2, -0.15) is 0 Å². The summed E-state index contributed by atoms with van der Waals surface area (Å²) < 4.78 is 25.2. The van der Waals surface area contributed by atoms with Gasteiger partial charge in [0.25, 0.3) is 0 Å². The number of aromatic nitrogens is 1. The zero-order valence-corrected chi connectivity index (χ0v) is 15.4. The second-order valence-corrected chi connectivity index (χ2v) is 7.53. The van der Waals surface area contributed by atoms with Crippen molar-refractivity contribution in [1.29, 1.82) is 0 Å². The lowest BCUT2D eigenvalue weighted by molar-refractivity contribution is -0.671. The van der Waals surface area contributed by atoms with Crippen LogP contribution in [0.2, 0.25) is 0 Å². The van der Waals surface area contributed by atoms with E-state index < -0.39 is 7.60 Å². The van der Waals surface area contributed by atoms with Gasteiger partial charge in [0.1, 0.15) is 7.05 Å². The van der Waals surface area contributed by atoms with Crippen LogP contribution in [-0.2, 0) is 26.8 Å². The number of rotatable bonds is 8. The molecule has 0 bridgehead atoms. The summed E-state index contributed by atoms with van der Waals surface area (Å²) in [6.45, 7) is 4.41. The van der Waals surface area contributed by atoms with Gasteiger partial charge in [0, 0.05) is 12.1 Å². The Balaban J connectivity index is 2.04. The number of hydrogen-bond acceptors (Lipinski definition) is 3. The first kappa shape index (κ1) is 18.6. The molecule has 128 valence electrons. The highest BCUT2D eigenvalue weighted by atomic mass is 31.2. The van der Waals surface area contributed by atoms with Crippen molar-refractivity contribution in [2.75, 3.05) is 13.2 Å². The smallest absolute Gasteiger partial charge is 0.309 e. The first-order valence-corrected chi connectivity index (χ1v) is 9.88. The minimum absolute atomic E-state index is 0.299. The maximum Gasteiger partial charge on any atom is 0.335 e. The van der Waals surface area contributed by atoms with E-state index >= 15 is 0 Å². The number of aryl methyl sites for hydroxylation is 1. The highest BCUT2D eigenvalue weighted by Gasteiger charge is 2.23. The van der Waals surface area contributed by atoms with Gasteiger partial charge >= 0.3 is 7.60 Å². The molecule has 0 saturated carbocycles. The Morgan fingerprint density at radius 2 is 1.42 bits per heavy atom. The summed E-state index contributed by atoms with van der Waals surface area (Å²) in [7, 11) is -1.05. The van der Waals surface area contributed by atoms with Crippen molar-refractivity contribution in [3.05, 3.63) is 65.5 Å². The molecule has 0 aliphatic carbocycles. The number of hydrogen-bond donors (Lipinski definition) is 0. The van der Waals surface area contributed by atoms with Gasteiger partial charge in [-0.3, -0.25) is 4.57 Å². The zero-order chi connectivity index (χ0) is 17.4. The molecule has 0 saturated heterocycles. The lowest BCUT2D eigenvalue weighted by Gasteiger charge is -2.16. The third kappa shape index (κ3) is 5.72. The number of pyridine rings is 1. The van der Waals surface area contributed by atoms with Gasteiger partial charge in [-0.1, -0.05) is 36.4 Å². The minimum Gasteiger partial charge on any atom is -0.309 e. The molecule has 1 aromatic carbocycles. The maximum absolute atomic E-state index is 12.5. The van der Waals surface area contributed by atoms with Crippen molar-refractivity contribution in [3.8, 4) is 0 Å². The van der Waals surface area contributed by atoms with Gasteiger partial charge in [-0.25, -0.2) is 4.57 Å². The van der Waals surface area contributed by atoms with Gasteiger partial charge in [-0.15, -0.1) is 0 Å². The Labute approximate surface area is 144 Å². The van der Waals surface area contributed by atoms with E-state index in [4.69, 9.17) is 9.05 Å². The highest BCUT2D eigenvalue weighted by Crippen LogP contribution is 2.51. The average Bonchev–Trinajstić information content (AvgIpc) is 2.56. The van der Waals surface area contributed by atoms with E-state index in [1.54, 1.807) is 0 Å². The van der Waals surface area contributed by atoms with E-state index in [0.717, 1.165) is 16.7 Å². The molecule has 1 heterocycles. The molecule has 0 atom stereocenters. The van der Waals surface area contributed by atoms with Crippen molar-refractivity contribution in [2.24, 2.45) is 7.05 Å². The van der Waals surface area contributed by atoms with Gasteiger partial charge < -0.3 is 9.05 Å². The van der Waals surface area contributed by atoms with Crippen LogP contribution in [0.5, 0.6) is 0 Å². The Bertz CT molecular complexity index is 698. The van der Waals surface area contributed by atoms with Crippen LogP contribution in [0.4, 0.5) is 0 Å². The van der Waals surface area contributed by atoms with Crippen LogP contribution in [0.25, 0.3) is 12.2 Å². The second-order valence-electron chi connectivity index (χ2n) is 5.48. The van der Waals surface area contributed by atoms with Crippen LogP contribution in [0.15, 0.2) is 48.8 Å². The minimum atomic E-state index is -3.04. The third-order valence-electron chi connectivity index (χ3n) is 3.48. The number of nitrogens with zero attached hydrogens (tertiary/aromatic N) is 1. The van der Waals surface area contributed by atoms with Crippen molar-refractivity contribution in [3.63, 3.8) is 0 Å². The zero-order valence-electron chi connectivity index (χ0n) is 14.5. The summed E-state index contributed by atoms with van der Waals surface area (Å²) in [4.78, 5) is 0. The molecule has 1 aromatic heterocycles. The van der Waals surface area contributed by atoms with Crippen molar-refractivity contribution in [1.82, 2.24) is 0 Å². The molecule has 0 amide bonds. The summed E-state index contributed by atoms with van der Waals surface area (Å²) in [5, 5.41) is 0. The molecular formula is C19H25NO3P+. The number of benzene rings is 1. The third-order valence-corrected chi connectivity index (χ3v) is 5.54. The molecule has 0 fully saturated rings. The first-order valence-electron chi connectivity index (χ1n) is 8.15. The molecular weight excluding hydrogens is 321 g/mol. The van der Waals surface area contributed by atoms with Gasteiger partial charge in [0.2, 0.25) is 0 Å². The fraction of sp³-hybridized carbons (Fsp3) is 0.316. The van der Waals surface area contributed by atoms with Crippen LogP contribution >= 0.6 is 7.60 Å². The molecule has 0 aliphatic rings. The van der Waals surface area contributed by atoms with E-state index in [9.17, 15) is 4.57 Å². The van der Waals surface area contributed by atoms with E-state index in [1.165, 1.54) is 0 Å². The normalized spacial score (nSPS) is 12.0. The summed E-state index contributed by atoms with van der Waals surface area (Å²) >= 11 is 0. The topological polar surface area (TPSA) is 39.4 Å². The molecule has 2 rings (SSSR count). The molecule has 5 heteroatoms.